The van der Waals surface area contributed by atoms with Gasteiger partial charge in [0.15, 0.2) is 5.58 Å². The molecule has 5 heteroatoms. The third kappa shape index (κ3) is 5.70. The highest BCUT2D eigenvalue weighted by molar-refractivity contribution is 5.79. The zero-order valence-electron chi connectivity index (χ0n) is 17.4. The van der Waals surface area contributed by atoms with Crippen LogP contribution < -0.4 is 9.47 Å². The molecule has 0 radical (unpaired) electrons. The lowest BCUT2D eigenvalue weighted by Crippen LogP contribution is -2.00. The lowest BCUT2D eigenvalue weighted by Gasteiger charge is -2.08. The maximum absolute atomic E-state index is 5.88. The third-order valence-corrected chi connectivity index (χ3v) is 4.46. The predicted octanol–water partition coefficient (Wildman–Crippen LogP) is 6.35. The number of allylic oxidation sites excluding steroid dienone is 4. The number of unbranched alkanes of at least 4 members (excludes halogenated alkanes) is 2. The molecule has 1 aromatic carbocycles. The summed E-state index contributed by atoms with van der Waals surface area (Å²) in [4.78, 5) is 8.99. The molecule has 3 rings (SSSR count). The van der Waals surface area contributed by atoms with Gasteiger partial charge in [-0.2, -0.15) is 0 Å². The van der Waals surface area contributed by atoms with Crippen LogP contribution in [0.25, 0.3) is 16.7 Å². The lowest BCUT2D eigenvalue weighted by atomic mass is 10.2. The van der Waals surface area contributed by atoms with Crippen LogP contribution in [0.4, 0.5) is 0 Å². The van der Waals surface area contributed by atoms with Gasteiger partial charge < -0.3 is 13.9 Å². The normalized spacial score (nSPS) is 12.0. The van der Waals surface area contributed by atoms with Crippen LogP contribution >= 0.6 is 0 Å². The van der Waals surface area contributed by atoms with Crippen LogP contribution in [-0.2, 0) is 6.61 Å². The van der Waals surface area contributed by atoms with Crippen molar-refractivity contribution in [2.75, 3.05) is 6.61 Å². The number of fused-ring (bicyclic) bond motifs is 1. The van der Waals surface area contributed by atoms with E-state index in [-0.39, 0.29) is 0 Å². The van der Waals surface area contributed by atoms with Gasteiger partial charge in [0.25, 0.3) is 0 Å². The Morgan fingerprint density at radius 3 is 2.66 bits per heavy atom. The molecule has 29 heavy (non-hydrogen) atoms. The smallest absolute Gasteiger partial charge is 0.226 e. The molecule has 0 aliphatic heterocycles. The summed E-state index contributed by atoms with van der Waals surface area (Å²) < 4.78 is 17.4. The number of hydrogen-bond donors (Lipinski definition) is 0. The summed E-state index contributed by atoms with van der Waals surface area (Å²) in [6.45, 7) is 7.22. The van der Waals surface area contributed by atoms with Crippen molar-refractivity contribution in [1.82, 2.24) is 9.97 Å². The van der Waals surface area contributed by atoms with E-state index < -0.39 is 0 Å². The first-order valence-electron chi connectivity index (χ1n) is 10.1. The Kier molecular flexibility index (Phi) is 7.45. The number of hydrogen-bond acceptors (Lipinski definition) is 5. The molecule has 0 saturated carbocycles. The molecule has 0 atom stereocenters. The topological polar surface area (TPSA) is 57.4 Å². The lowest BCUT2D eigenvalue weighted by molar-refractivity contribution is 0.296. The van der Waals surface area contributed by atoms with E-state index in [1.165, 1.54) is 12.8 Å². The highest BCUT2D eigenvalue weighted by Gasteiger charge is 2.09. The molecular formula is C24H28N2O3. The van der Waals surface area contributed by atoms with E-state index in [0.717, 1.165) is 46.9 Å². The summed E-state index contributed by atoms with van der Waals surface area (Å²) in [5, 5.41) is 0. The largest absolute Gasteiger partial charge is 0.492 e. The molecule has 152 valence electrons. The van der Waals surface area contributed by atoms with Crippen LogP contribution in [0, 0.1) is 0 Å². The summed E-state index contributed by atoms with van der Waals surface area (Å²) in [5.74, 6) is 2.13. The average molecular weight is 392 g/mol. The second kappa shape index (κ2) is 10.5. The van der Waals surface area contributed by atoms with Crippen molar-refractivity contribution < 1.29 is 13.9 Å². The van der Waals surface area contributed by atoms with Crippen molar-refractivity contribution in [2.45, 2.75) is 46.6 Å². The predicted molar refractivity (Wildman–Crippen MR) is 116 cm³/mol. The number of pyridine rings is 1. The molecular weight excluding hydrogens is 364 g/mol. The van der Waals surface area contributed by atoms with Gasteiger partial charge in [0.05, 0.1) is 18.5 Å². The molecule has 0 spiro atoms. The molecule has 2 heterocycles. The second-order valence-corrected chi connectivity index (χ2v) is 6.72. The van der Waals surface area contributed by atoms with Gasteiger partial charge in [-0.05, 0) is 44.5 Å². The van der Waals surface area contributed by atoms with Gasteiger partial charge in [0, 0.05) is 11.6 Å². The Morgan fingerprint density at radius 1 is 1.07 bits per heavy atom. The first kappa shape index (κ1) is 20.6. The van der Waals surface area contributed by atoms with Crippen molar-refractivity contribution in [1.29, 1.82) is 0 Å². The van der Waals surface area contributed by atoms with Crippen LogP contribution in [0.2, 0.25) is 0 Å². The number of aromatic nitrogens is 2. The van der Waals surface area contributed by atoms with Gasteiger partial charge in [-0.1, -0.05) is 38.0 Å². The van der Waals surface area contributed by atoms with E-state index in [9.17, 15) is 0 Å². The van der Waals surface area contributed by atoms with Gasteiger partial charge >= 0.3 is 0 Å². The summed E-state index contributed by atoms with van der Waals surface area (Å²) in [5.41, 5.74) is 3.30. The van der Waals surface area contributed by atoms with Crippen molar-refractivity contribution in [2.24, 2.45) is 0 Å². The average Bonchev–Trinajstić information content (AvgIpc) is 3.17. The van der Waals surface area contributed by atoms with Gasteiger partial charge in [-0.15, -0.1) is 0 Å². The minimum atomic E-state index is 0.380. The maximum Gasteiger partial charge on any atom is 0.226 e. The van der Waals surface area contributed by atoms with E-state index in [1.54, 1.807) is 6.20 Å². The van der Waals surface area contributed by atoms with Crippen LogP contribution in [0.5, 0.6) is 11.5 Å². The molecule has 0 fully saturated rings. The van der Waals surface area contributed by atoms with Crippen LogP contribution in [-0.4, -0.2) is 16.6 Å². The van der Waals surface area contributed by atoms with Gasteiger partial charge in [0.1, 0.15) is 23.6 Å². The molecule has 0 aliphatic carbocycles. The zero-order valence-corrected chi connectivity index (χ0v) is 17.4. The fourth-order valence-corrected chi connectivity index (χ4v) is 2.87. The summed E-state index contributed by atoms with van der Waals surface area (Å²) >= 11 is 0. The van der Waals surface area contributed by atoms with Crippen molar-refractivity contribution in [3.8, 4) is 11.5 Å². The van der Waals surface area contributed by atoms with Crippen molar-refractivity contribution >= 4 is 16.7 Å². The Balaban J connectivity index is 1.60. The zero-order chi connectivity index (χ0) is 20.5. The molecule has 0 aliphatic rings. The molecule has 0 saturated heterocycles. The van der Waals surface area contributed by atoms with E-state index in [2.05, 4.69) is 16.9 Å². The van der Waals surface area contributed by atoms with E-state index in [4.69, 9.17) is 13.9 Å². The minimum Gasteiger partial charge on any atom is -0.492 e. The Morgan fingerprint density at radius 2 is 1.93 bits per heavy atom. The standard InChI is InChI=1S/C24H28N2O3/c1-4-7-8-14-27-21-11-10-19(25-16-21)17-28-20-12-13-23-22(15-20)26-24(29-23)18(6-3)9-5-2/h5-6,9-13,15-16H,4,7-8,14,17H2,1-3H3/b9-5-,18-6+. The Hall–Kier alpha value is -3.08. The van der Waals surface area contributed by atoms with Crippen molar-refractivity contribution in [3.63, 3.8) is 0 Å². The summed E-state index contributed by atoms with van der Waals surface area (Å²) in [7, 11) is 0. The van der Waals surface area contributed by atoms with Crippen molar-refractivity contribution in [3.05, 3.63) is 66.3 Å². The monoisotopic (exact) mass is 392 g/mol. The van der Waals surface area contributed by atoms with Gasteiger partial charge in [-0.3, -0.25) is 4.98 Å². The summed E-state index contributed by atoms with van der Waals surface area (Å²) in [6, 6.07) is 9.51. The van der Waals surface area contributed by atoms with Gasteiger partial charge in [0.2, 0.25) is 5.89 Å². The summed E-state index contributed by atoms with van der Waals surface area (Å²) in [6.07, 6.45) is 11.1. The number of benzene rings is 1. The number of rotatable bonds is 10. The van der Waals surface area contributed by atoms with Crippen LogP contribution in [0.15, 0.2) is 59.2 Å². The molecule has 0 bridgehead atoms. The second-order valence-electron chi connectivity index (χ2n) is 6.72. The van der Waals surface area contributed by atoms with Crippen LogP contribution in [0.1, 0.15) is 51.6 Å². The van der Waals surface area contributed by atoms with E-state index in [0.29, 0.717) is 12.5 Å². The van der Waals surface area contributed by atoms with E-state index in [1.807, 2.05) is 62.4 Å². The first-order chi connectivity index (χ1) is 14.2. The van der Waals surface area contributed by atoms with E-state index >= 15 is 0 Å². The molecule has 0 amide bonds. The SMILES string of the molecule is C/C=C\C(=C/C)c1nc2cc(OCc3ccc(OCCCCC)cn3)ccc2o1. The van der Waals surface area contributed by atoms with Gasteiger partial charge in [-0.25, -0.2) is 4.98 Å². The van der Waals surface area contributed by atoms with Crippen LogP contribution in [0.3, 0.4) is 0 Å². The highest BCUT2D eigenvalue weighted by Crippen LogP contribution is 2.26. The molecule has 5 nitrogen and oxygen atoms in total. The molecule has 0 N–H and O–H groups in total. The fraction of sp³-hybridized carbons (Fsp3) is 0.333. The molecule has 3 aromatic rings. The quantitative estimate of drug-likeness (QED) is 0.297. The molecule has 0 unspecified atom stereocenters. The maximum atomic E-state index is 5.88. The Labute approximate surface area is 172 Å². The first-order valence-corrected chi connectivity index (χ1v) is 10.1. The third-order valence-electron chi connectivity index (χ3n) is 4.46. The Bertz CT molecular complexity index is 971. The highest BCUT2D eigenvalue weighted by atomic mass is 16.5. The minimum absolute atomic E-state index is 0.380. The molecule has 2 aromatic heterocycles. The number of oxazole rings is 1. The number of nitrogens with zero attached hydrogens (tertiary/aromatic N) is 2. The fourth-order valence-electron chi connectivity index (χ4n) is 2.87. The number of ether oxygens (including phenoxy) is 2.